The van der Waals surface area contributed by atoms with E-state index >= 15 is 0 Å². The van der Waals surface area contributed by atoms with Crippen LogP contribution in [0.2, 0.25) is 0 Å². The van der Waals surface area contributed by atoms with Crippen molar-refractivity contribution < 1.29 is 13.5 Å². The van der Waals surface area contributed by atoms with Crippen LogP contribution in [0.15, 0.2) is 158 Å². The predicted molar refractivity (Wildman–Crippen MR) is 523 cm³/mol. The van der Waals surface area contributed by atoms with Gasteiger partial charge in [0.25, 0.3) is 0 Å². The summed E-state index contributed by atoms with van der Waals surface area (Å²) in [7, 11) is 0. The van der Waals surface area contributed by atoms with Gasteiger partial charge in [0.15, 0.2) is 0 Å². The maximum Gasteiger partial charge on any atom is 0.126 e. The SMILES string of the molecule is CC(C)(C)N1CCC(Cc2ccc(F)cc2)CC1.CC(C)(C)N1CCC(Cc2ccccc2)CC1.CC(C)(C)N1CCC(Cc2ccccc2F)CC1.CC(C)(C)N1CCN(Cc2ccccc2)CC1.CC(C)(C)N1CCN(c2ccccc2)CC1.CC(C)(C)N1CCOCC1.CC(C)NCCCn1ccnc1.CCCCCCCCCNC(C)(C)C. The number of unbranched alkanes of at least 4 members (excludes halogenated alkanes) is 6. The normalized spacial score (nSPS) is 17.9. The third kappa shape index (κ3) is 46.3. The van der Waals surface area contributed by atoms with Gasteiger partial charge >= 0.3 is 0 Å². The molecule has 0 unspecified atom stereocenters. The number of likely N-dealkylation sites (tertiary alicyclic amines) is 3. The monoisotopic (exact) mass is 1690 g/mol. The molecule has 0 spiro atoms. The second-order valence-electron chi connectivity index (χ2n) is 42.9. The topological polar surface area (TPSA) is 77.0 Å². The minimum absolute atomic E-state index is 0.0456. The molecule has 0 radical (unpaired) electrons. The highest BCUT2D eigenvalue weighted by atomic mass is 19.1. The molecule has 13 nitrogen and oxygen atoms in total. The van der Waals surface area contributed by atoms with Gasteiger partial charge in [-0.15, -0.1) is 0 Å². The summed E-state index contributed by atoms with van der Waals surface area (Å²) in [5.41, 5.74) is 8.58. The molecule has 0 aliphatic carbocycles. The molecule has 12 rings (SSSR count). The van der Waals surface area contributed by atoms with Gasteiger partial charge in [0.05, 0.1) is 19.5 Å². The third-order valence-electron chi connectivity index (χ3n) is 25.0. The molecule has 6 saturated heterocycles. The van der Waals surface area contributed by atoms with Crippen molar-refractivity contribution in [2.45, 2.75) is 333 Å². The Bertz CT molecular complexity index is 3450. The van der Waals surface area contributed by atoms with Gasteiger partial charge in [-0.2, -0.15) is 0 Å². The molecule has 0 saturated carbocycles. The molecule has 5 aromatic carbocycles. The van der Waals surface area contributed by atoms with Crippen LogP contribution in [0.5, 0.6) is 0 Å². The van der Waals surface area contributed by atoms with E-state index in [1.165, 1.54) is 184 Å². The molecule has 7 heterocycles. The van der Waals surface area contributed by atoms with Gasteiger partial charge in [0, 0.05) is 141 Å². The van der Waals surface area contributed by atoms with E-state index in [0.29, 0.717) is 45.2 Å². The molecular weight excluding hydrogens is 1510 g/mol. The van der Waals surface area contributed by atoms with E-state index in [4.69, 9.17) is 4.74 Å². The second-order valence-corrected chi connectivity index (χ2v) is 42.9. The van der Waals surface area contributed by atoms with Crippen LogP contribution in [0, 0.1) is 29.4 Å². The number of imidazole rings is 1. The number of rotatable bonds is 22. The first-order chi connectivity index (χ1) is 57.5. The van der Waals surface area contributed by atoms with E-state index in [2.05, 4.69) is 317 Å². The number of piperidine rings is 3. The number of aromatic nitrogens is 2. The maximum absolute atomic E-state index is 13.6. The van der Waals surface area contributed by atoms with Gasteiger partial charge in [-0.3, -0.25) is 34.3 Å². The zero-order valence-corrected chi connectivity index (χ0v) is 82.5. The van der Waals surface area contributed by atoms with Crippen molar-refractivity contribution in [2.24, 2.45) is 17.8 Å². The van der Waals surface area contributed by atoms with Crippen LogP contribution >= 0.6 is 0 Å². The molecular formula is C107H182F2N12O. The van der Waals surface area contributed by atoms with Gasteiger partial charge in [-0.05, 0) is 339 Å². The lowest BCUT2D eigenvalue weighted by Crippen LogP contribution is -2.53. The molecule has 0 bridgehead atoms. The Morgan fingerprint density at radius 2 is 0.779 bits per heavy atom. The molecule has 6 aromatic rings. The Morgan fingerprint density at radius 3 is 1.19 bits per heavy atom. The van der Waals surface area contributed by atoms with E-state index in [1.54, 1.807) is 24.3 Å². The Hall–Kier alpha value is -5.43. The number of anilines is 1. The van der Waals surface area contributed by atoms with Crippen molar-refractivity contribution in [2.75, 3.05) is 136 Å². The van der Waals surface area contributed by atoms with Gasteiger partial charge in [-0.25, -0.2) is 13.8 Å². The number of aryl methyl sites for hydroxylation is 1. The van der Waals surface area contributed by atoms with Crippen LogP contribution in [0.3, 0.4) is 0 Å². The fourth-order valence-corrected chi connectivity index (χ4v) is 16.8. The molecule has 0 amide bonds. The highest BCUT2D eigenvalue weighted by Crippen LogP contribution is 2.31. The number of ether oxygens (including phenoxy) is 1. The van der Waals surface area contributed by atoms with Crippen LogP contribution in [-0.2, 0) is 37.1 Å². The average molecular weight is 1690 g/mol. The number of hydrogen-bond acceptors (Lipinski definition) is 12. The Kier molecular flexibility index (Phi) is 48.6. The number of nitrogens with one attached hydrogen (secondary N) is 2. The Morgan fingerprint density at radius 1 is 0.393 bits per heavy atom. The lowest BCUT2D eigenvalue weighted by Gasteiger charge is -2.43. The summed E-state index contributed by atoms with van der Waals surface area (Å²) < 4.78 is 33.8. The molecule has 0 atom stereocenters. The fraction of sp³-hybridized carbons (Fsp3) is 0.692. The first kappa shape index (κ1) is 107. The van der Waals surface area contributed by atoms with E-state index in [1.807, 2.05) is 43.0 Å². The zero-order chi connectivity index (χ0) is 89.8. The van der Waals surface area contributed by atoms with Crippen LogP contribution < -0.4 is 15.5 Å². The molecule has 690 valence electrons. The smallest absolute Gasteiger partial charge is 0.126 e. The molecule has 15 heteroatoms. The summed E-state index contributed by atoms with van der Waals surface area (Å²) >= 11 is 0. The second kappa shape index (κ2) is 55.3. The summed E-state index contributed by atoms with van der Waals surface area (Å²) in [4.78, 5) is 24.3. The van der Waals surface area contributed by atoms with Crippen molar-refractivity contribution >= 4 is 5.69 Å². The fourth-order valence-electron chi connectivity index (χ4n) is 16.8. The highest BCUT2D eigenvalue weighted by molar-refractivity contribution is 5.46. The van der Waals surface area contributed by atoms with Crippen LogP contribution in [-0.4, -0.2) is 220 Å². The minimum Gasteiger partial charge on any atom is -0.379 e. The minimum atomic E-state index is -0.138. The van der Waals surface area contributed by atoms with Crippen molar-refractivity contribution in [1.29, 1.82) is 0 Å². The van der Waals surface area contributed by atoms with Crippen LogP contribution in [0.4, 0.5) is 14.5 Å². The number of para-hydroxylation sites is 1. The lowest BCUT2D eigenvalue weighted by molar-refractivity contribution is -0.00389. The number of halogens is 2. The first-order valence-corrected chi connectivity index (χ1v) is 48.2. The maximum atomic E-state index is 13.6. The lowest BCUT2D eigenvalue weighted by atomic mass is 9.88. The highest BCUT2D eigenvalue weighted by Gasteiger charge is 2.32. The summed E-state index contributed by atoms with van der Waals surface area (Å²) in [5, 5.41) is 6.90. The van der Waals surface area contributed by atoms with Crippen molar-refractivity contribution in [3.63, 3.8) is 0 Å². The van der Waals surface area contributed by atoms with Gasteiger partial charge in [-0.1, -0.05) is 168 Å². The van der Waals surface area contributed by atoms with Crippen LogP contribution in [0.25, 0.3) is 0 Å². The average Bonchev–Trinajstić information content (AvgIpc) is 0.908. The first-order valence-electron chi connectivity index (χ1n) is 48.2. The van der Waals surface area contributed by atoms with E-state index in [0.717, 1.165) is 109 Å². The summed E-state index contributed by atoms with van der Waals surface area (Å²) in [6, 6.07) is 47.2. The molecule has 122 heavy (non-hydrogen) atoms. The number of piperazine rings is 2. The molecule has 6 aliphatic heterocycles. The molecule has 1 aromatic heterocycles. The number of hydrogen-bond donors (Lipinski definition) is 2. The Labute approximate surface area is 748 Å². The molecule has 2 N–H and O–H groups in total. The van der Waals surface area contributed by atoms with Crippen LogP contribution in [0.1, 0.15) is 278 Å². The van der Waals surface area contributed by atoms with Gasteiger partial charge < -0.3 is 24.8 Å². The van der Waals surface area contributed by atoms with Gasteiger partial charge in [0.2, 0.25) is 0 Å². The summed E-state index contributed by atoms with van der Waals surface area (Å²) in [6.07, 6.45) is 27.5. The van der Waals surface area contributed by atoms with Crippen molar-refractivity contribution in [1.82, 2.24) is 54.5 Å². The van der Waals surface area contributed by atoms with Crippen molar-refractivity contribution in [3.05, 3.63) is 192 Å². The predicted octanol–water partition coefficient (Wildman–Crippen LogP) is 23.2. The molecule has 6 aliphatic rings. The summed E-state index contributed by atoms with van der Waals surface area (Å²) in [5.74, 6) is 2.10. The number of benzene rings is 5. The third-order valence-corrected chi connectivity index (χ3v) is 25.0. The number of morpholine rings is 1. The van der Waals surface area contributed by atoms with Crippen molar-refractivity contribution in [3.8, 4) is 0 Å². The summed E-state index contributed by atoms with van der Waals surface area (Å²) in [6.45, 7) is 79.4. The van der Waals surface area contributed by atoms with E-state index < -0.39 is 0 Å². The molecule has 6 fully saturated rings. The Balaban J connectivity index is 0.000000249. The quantitative estimate of drug-likeness (QED) is 0.0636. The van der Waals surface area contributed by atoms with E-state index in [9.17, 15) is 8.78 Å². The zero-order valence-electron chi connectivity index (χ0n) is 82.5. The standard InChI is InChI=1S/2C16H24FN.C16H25N.C15H24N2.C14H22N2.C13H29N.C9H17N3.C8H17NO/c1-16(2,3)18-10-8-14(9-11-18)12-13-4-6-15(17)7-5-13;1-16(2,3)18-10-8-13(9-11-18)12-14-6-4-5-7-15(14)17;1-16(2,3)17-11-9-15(10-12-17)13-14-7-5-4-6-8-14;1-15(2,3)17-11-9-16(10-12-17)13-14-7-5-4-6-8-14;1-14(2,3)16-11-9-15(10-12-16)13-7-5-4-6-8-13;1-5-6-7-8-9-10-11-12-14-13(2,3)4;1-9(2)11-4-3-6-12-7-5-10-8-12;1-8(2,3)9-4-6-10-7-5-9/h4-7,14H,8-12H2,1-3H3;4-7,13H,8-12H2,1-3H3;4-8,15H,9-13H2,1-3H3;4-8H,9-13H2,1-3H3;4-8H,9-12H2,1-3H3;14H,5-12H2,1-4H3;5,7-9,11H,3-4,6H2,1-2H3;4-7H2,1-3H3. The van der Waals surface area contributed by atoms with Gasteiger partial charge in [0.1, 0.15) is 11.6 Å². The largest absolute Gasteiger partial charge is 0.379 e. The van der Waals surface area contributed by atoms with E-state index in [-0.39, 0.29) is 17.2 Å². The number of nitrogens with zero attached hydrogens (tertiary/aromatic N) is 10.